The van der Waals surface area contributed by atoms with Crippen LogP contribution >= 0.6 is 0 Å². The largest absolute Gasteiger partial charge is 0.483 e. The van der Waals surface area contributed by atoms with Crippen molar-refractivity contribution in [3.63, 3.8) is 0 Å². The van der Waals surface area contributed by atoms with Gasteiger partial charge in [-0.15, -0.1) is 5.10 Å². The van der Waals surface area contributed by atoms with Gasteiger partial charge in [0.05, 0.1) is 12.0 Å². The summed E-state index contributed by atoms with van der Waals surface area (Å²) in [4.78, 5) is 10.2. The highest BCUT2D eigenvalue weighted by Crippen LogP contribution is 2.22. The number of rotatable bonds is 4. The fourth-order valence-electron chi connectivity index (χ4n) is 1.12. The van der Waals surface area contributed by atoms with Crippen LogP contribution in [0.3, 0.4) is 0 Å². The number of ether oxygens (including phenoxy) is 1. The smallest absolute Gasteiger partial charge is 0.294 e. The van der Waals surface area contributed by atoms with Crippen molar-refractivity contribution < 1.29 is 9.66 Å². The molecule has 16 heavy (non-hydrogen) atoms. The SMILES string of the molecule is CC/C(=N/Nc1ccccc1[N+](=O)[O-])OC. The predicted octanol–water partition coefficient (Wildman–Crippen LogP) is 2.38. The molecule has 1 N–H and O–H groups in total. The molecule has 0 spiro atoms. The average Bonchev–Trinajstić information content (AvgIpc) is 2.30. The Kier molecular flexibility index (Phi) is 4.26. The fourth-order valence-corrected chi connectivity index (χ4v) is 1.12. The number of hydrazone groups is 1. The number of nitrogens with one attached hydrogen (secondary N) is 1. The lowest BCUT2D eigenvalue weighted by molar-refractivity contribution is -0.384. The van der Waals surface area contributed by atoms with Crippen molar-refractivity contribution in [3.8, 4) is 0 Å². The summed E-state index contributed by atoms with van der Waals surface area (Å²) >= 11 is 0. The number of para-hydroxylation sites is 2. The highest BCUT2D eigenvalue weighted by molar-refractivity contribution is 5.77. The lowest BCUT2D eigenvalue weighted by atomic mass is 10.3. The van der Waals surface area contributed by atoms with Crippen molar-refractivity contribution >= 4 is 17.3 Å². The van der Waals surface area contributed by atoms with Crippen LogP contribution in [0, 0.1) is 10.1 Å². The molecule has 0 amide bonds. The molecule has 1 rings (SSSR count). The summed E-state index contributed by atoms with van der Waals surface area (Å²) in [5, 5.41) is 14.6. The van der Waals surface area contributed by atoms with E-state index in [-0.39, 0.29) is 5.69 Å². The molecule has 6 heteroatoms. The van der Waals surface area contributed by atoms with Gasteiger partial charge in [-0.05, 0) is 6.07 Å². The van der Waals surface area contributed by atoms with Crippen molar-refractivity contribution in [3.05, 3.63) is 34.4 Å². The van der Waals surface area contributed by atoms with Gasteiger partial charge in [-0.2, -0.15) is 0 Å². The number of nitrogens with zero attached hydrogens (tertiary/aromatic N) is 2. The van der Waals surface area contributed by atoms with E-state index in [4.69, 9.17) is 4.74 Å². The zero-order chi connectivity index (χ0) is 12.0. The predicted molar refractivity (Wildman–Crippen MR) is 61.5 cm³/mol. The first-order valence-electron chi connectivity index (χ1n) is 4.79. The van der Waals surface area contributed by atoms with E-state index in [2.05, 4.69) is 10.5 Å². The molecule has 0 aromatic heterocycles. The Bertz CT molecular complexity index is 398. The van der Waals surface area contributed by atoms with Crippen molar-refractivity contribution in [2.45, 2.75) is 13.3 Å². The first-order chi connectivity index (χ1) is 7.69. The molecule has 0 saturated heterocycles. The van der Waals surface area contributed by atoms with Crippen molar-refractivity contribution in [1.29, 1.82) is 0 Å². The molecule has 0 saturated carbocycles. The van der Waals surface area contributed by atoms with E-state index in [1.54, 1.807) is 18.2 Å². The Hall–Kier alpha value is -2.11. The molecule has 0 aliphatic heterocycles. The van der Waals surface area contributed by atoms with Gasteiger partial charge in [-0.1, -0.05) is 19.1 Å². The maximum atomic E-state index is 10.7. The third kappa shape index (κ3) is 2.94. The van der Waals surface area contributed by atoms with Gasteiger partial charge in [0.15, 0.2) is 0 Å². The first kappa shape index (κ1) is 12.0. The third-order valence-corrected chi connectivity index (χ3v) is 1.94. The summed E-state index contributed by atoms with van der Waals surface area (Å²) in [6.45, 7) is 1.88. The lowest BCUT2D eigenvalue weighted by Crippen LogP contribution is -2.04. The van der Waals surface area contributed by atoms with Gasteiger partial charge in [0.25, 0.3) is 5.69 Å². The zero-order valence-corrected chi connectivity index (χ0v) is 9.14. The topological polar surface area (TPSA) is 76.8 Å². The lowest BCUT2D eigenvalue weighted by Gasteiger charge is -2.04. The minimum atomic E-state index is -0.462. The maximum Gasteiger partial charge on any atom is 0.294 e. The van der Waals surface area contributed by atoms with Gasteiger partial charge in [0.1, 0.15) is 5.69 Å². The Morgan fingerprint density at radius 2 is 2.25 bits per heavy atom. The van der Waals surface area contributed by atoms with Gasteiger partial charge in [-0.25, -0.2) is 0 Å². The minimum absolute atomic E-state index is 0.0159. The Morgan fingerprint density at radius 1 is 1.56 bits per heavy atom. The molecule has 1 aromatic carbocycles. The summed E-state index contributed by atoms with van der Waals surface area (Å²) < 4.78 is 4.94. The fraction of sp³-hybridized carbons (Fsp3) is 0.300. The molecule has 0 unspecified atom stereocenters. The Morgan fingerprint density at radius 3 is 2.81 bits per heavy atom. The summed E-state index contributed by atoms with van der Waals surface area (Å²) in [5.41, 5.74) is 2.94. The molecule has 0 aliphatic carbocycles. The van der Waals surface area contributed by atoms with Crippen LogP contribution in [0.4, 0.5) is 11.4 Å². The standard InChI is InChI=1S/C10H13N3O3/c1-3-10(16-2)12-11-8-6-4-5-7-9(8)13(14)15/h4-7,11H,3H2,1-2H3/b12-10-. The van der Waals surface area contributed by atoms with Crippen LogP contribution in [0.1, 0.15) is 13.3 Å². The van der Waals surface area contributed by atoms with E-state index in [9.17, 15) is 10.1 Å². The summed E-state index contributed by atoms with van der Waals surface area (Å²) in [5.74, 6) is 0.484. The Balaban J connectivity index is 2.89. The van der Waals surface area contributed by atoms with Gasteiger partial charge < -0.3 is 4.74 Å². The van der Waals surface area contributed by atoms with Crippen LogP contribution < -0.4 is 5.43 Å². The van der Waals surface area contributed by atoms with E-state index in [0.717, 1.165) is 0 Å². The third-order valence-electron chi connectivity index (χ3n) is 1.94. The molecule has 0 atom stereocenters. The minimum Gasteiger partial charge on any atom is -0.483 e. The van der Waals surface area contributed by atoms with Crippen molar-refractivity contribution in [2.24, 2.45) is 5.10 Å². The quantitative estimate of drug-likeness (QED) is 0.368. The zero-order valence-electron chi connectivity index (χ0n) is 9.14. The number of hydrogen-bond acceptors (Lipinski definition) is 5. The van der Waals surface area contributed by atoms with Crippen molar-refractivity contribution in [2.75, 3.05) is 12.5 Å². The molecule has 0 fully saturated rings. The normalized spacial score (nSPS) is 11.0. The molecule has 6 nitrogen and oxygen atoms in total. The number of nitro benzene ring substituents is 1. The van der Waals surface area contributed by atoms with Crippen LogP contribution in [0.25, 0.3) is 0 Å². The average molecular weight is 223 g/mol. The molecule has 0 aliphatic rings. The summed E-state index contributed by atoms with van der Waals surface area (Å²) in [7, 11) is 1.50. The second-order valence-corrected chi connectivity index (χ2v) is 2.95. The van der Waals surface area contributed by atoms with E-state index in [1.165, 1.54) is 13.2 Å². The van der Waals surface area contributed by atoms with Crippen LogP contribution in [-0.4, -0.2) is 17.9 Å². The van der Waals surface area contributed by atoms with Gasteiger partial charge in [-0.3, -0.25) is 15.5 Å². The van der Waals surface area contributed by atoms with Crippen molar-refractivity contribution in [1.82, 2.24) is 0 Å². The monoisotopic (exact) mass is 223 g/mol. The molecular formula is C10H13N3O3. The molecule has 0 radical (unpaired) electrons. The summed E-state index contributed by atoms with van der Waals surface area (Å²) in [6, 6.07) is 6.30. The number of benzene rings is 1. The molecule has 0 heterocycles. The van der Waals surface area contributed by atoms with Crippen LogP contribution in [0.2, 0.25) is 0 Å². The number of anilines is 1. The second kappa shape index (κ2) is 5.69. The number of hydrogen-bond donors (Lipinski definition) is 1. The van der Waals surface area contributed by atoms with Crippen LogP contribution in [0.5, 0.6) is 0 Å². The second-order valence-electron chi connectivity index (χ2n) is 2.95. The highest BCUT2D eigenvalue weighted by Gasteiger charge is 2.11. The van der Waals surface area contributed by atoms with E-state index < -0.39 is 4.92 Å². The number of methoxy groups -OCH3 is 1. The molecular weight excluding hydrogens is 210 g/mol. The highest BCUT2D eigenvalue weighted by atomic mass is 16.6. The van der Waals surface area contributed by atoms with E-state index >= 15 is 0 Å². The van der Waals surface area contributed by atoms with Gasteiger partial charge in [0, 0.05) is 12.5 Å². The van der Waals surface area contributed by atoms with Crippen LogP contribution in [0.15, 0.2) is 29.4 Å². The molecule has 1 aromatic rings. The van der Waals surface area contributed by atoms with Gasteiger partial charge >= 0.3 is 0 Å². The van der Waals surface area contributed by atoms with Gasteiger partial charge in [0.2, 0.25) is 5.90 Å². The van der Waals surface area contributed by atoms with Crippen LogP contribution in [-0.2, 0) is 4.74 Å². The molecule has 86 valence electrons. The van der Waals surface area contributed by atoms with E-state index in [1.807, 2.05) is 6.92 Å². The molecule has 0 bridgehead atoms. The maximum absolute atomic E-state index is 10.7. The summed E-state index contributed by atoms with van der Waals surface area (Å²) in [6.07, 6.45) is 0.615. The number of nitro groups is 1. The van der Waals surface area contributed by atoms with E-state index in [0.29, 0.717) is 18.0 Å². The Labute approximate surface area is 93.1 Å². The first-order valence-corrected chi connectivity index (χ1v) is 4.79.